The number of hydrazine groups is 1. The Hall–Kier alpha value is -2.37. The van der Waals surface area contributed by atoms with Crippen LogP contribution in [0.1, 0.15) is 30.1 Å². The highest BCUT2D eigenvalue weighted by atomic mass is 16.5. The van der Waals surface area contributed by atoms with Gasteiger partial charge in [-0.25, -0.2) is 0 Å². The van der Waals surface area contributed by atoms with Crippen molar-refractivity contribution in [3.8, 4) is 0 Å². The van der Waals surface area contributed by atoms with Crippen molar-refractivity contribution in [2.24, 2.45) is 5.92 Å². The fourth-order valence-corrected chi connectivity index (χ4v) is 1.52. The van der Waals surface area contributed by atoms with Crippen LogP contribution in [0.3, 0.4) is 0 Å². The summed E-state index contributed by atoms with van der Waals surface area (Å²) in [5.41, 5.74) is 4.92. The Kier molecular flexibility index (Phi) is 4.34. The highest BCUT2D eigenvalue weighted by Crippen LogP contribution is 2.30. The van der Waals surface area contributed by atoms with Crippen molar-refractivity contribution in [1.82, 2.24) is 10.9 Å². The summed E-state index contributed by atoms with van der Waals surface area (Å²) in [6.45, 7) is 1.46. The molecular formula is C14H16N2O4. The van der Waals surface area contributed by atoms with Gasteiger partial charge in [0.15, 0.2) is 6.10 Å². The molecule has 0 unspecified atom stereocenters. The van der Waals surface area contributed by atoms with Crippen LogP contribution >= 0.6 is 0 Å². The zero-order chi connectivity index (χ0) is 14.5. The summed E-state index contributed by atoms with van der Waals surface area (Å²) in [5, 5.41) is 0. The van der Waals surface area contributed by atoms with E-state index in [0.717, 1.165) is 12.8 Å². The molecule has 1 saturated carbocycles. The van der Waals surface area contributed by atoms with Crippen LogP contribution in [0.15, 0.2) is 30.3 Å². The summed E-state index contributed by atoms with van der Waals surface area (Å²) in [7, 11) is 0. The molecular weight excluding hydrogens is 260 g/mol. The molecule has 1 fully saturated rings. The summed E-state index contributed by atoms with van der Waals surface area (Å²) in [6, 6.07) is 8.47. The molecule has 2 rings (SSSR count). The average molecular weight is 276 g/mol. The van der Waals surface area contributed by atoms with E-state index in [2.05, 4.69) is 10.9 Å². The molecule has 0 heterocycles. The fourth-order valence-electron chi connectivity index (χ4n) is 1.52. The number of amides is 2. The molecule has 0 aromatic heterocycles. The summed E-state index contributed by atoms with van der Waals surface area (Å²) in [4.78, 5) is 34.7. The first-order chi connectivity index (χ1) is 9.58. The molecule has 1 atom stereocenters. The molecule has 0 bridgehead atoms. The van der Waals surface area contributed by atoms with Crippen LogP contribution in [0.4, 0.5) is 0 Å². The maximum absolute atomic E-state index is 11.7. The second kappa shape index (κ2) is 6.18. The Morgan fingerprint density at radius 1 is 1.15 bits per heavy atom. The number of carbonyl (C=O) groups is 3. The van der Waals surface area contributed by atoms with Gasteiger partial charge in [0.2, 0.25) is 0 Å². The molecule has 0 spiro atoms. The molecule has 0 aliphatic heterocycles. The number of carbonyl (C=O) groups excluding carboxylic acids is 3. The second-order valence-electron chi connectivity index (χ2n) is 4.66. The number of benzene rings is 1. The molecule has 2 amide bonds. The van der Waals surface area contributed by atoms with Gasteiger partial charge < -0.3 is 4.74 Å². The van der Waals surface area contributed by atoms with Crippen LogP contribution in [0.5, 0.6) is 0 Å². The summed E-state index contributed by atoms with van der Waals surface area (Å²) in [6.07, 6.45) is 0.703. The van der Waals surface area contributed by atoms with Crippen LogP contribution in [0.25, 0.3) is 0 Å². The molecule has 106 valence electrons. The number of rotatable bonds is 4. The van der Waals surface area contributed by atoms with Crippen molar-refractivity contribution in [3.05, 3.63) is 35.9 Å². The molecule has 2 N–H and O–H groups in total. The first-order valence-corrected chi connectivity index (χ1v) is 6.43. The zero-order valence-corrected chi connectivity index (χ0v) is 11.1. The minimum absolute atomic E-state index is 0.0656. The summed E-state index contributed by atoms with van der Waals surface area (Å²) < 4.78 is 4.97. The highest BCUT2D eigenvalue weighted by Gasteiger charge is 2.33. The molecule has 20 heavy (non-hydrogen) atoms. The average Bonchev–Trinajstić information content (AvgIpc) is 3.29. The molecule has 6 nitrogen and oxygen atoms in total. The lowest BCUT2D eigenvalue weighted by molar-refractivity contribution is -0.156. The van der Waals surface area contributed by atoms with Crippen molar-refractivity contribution in [3.63, 3.8) is 0 Å². The first kappa shape index (κ1) is 14.0. The van der Waals surface area contributed by atoms with Gasteiger partial charge in [-0.2, -0.15) is 0 Å². The summed E-state index contributed by atoms with van der Waals surface area (Å²) >= 11 is 0. The van der Waals surface area contributed by atoms with E-state index >= 15 is 0 Å². The predicted octanol–water partition coefficient (Wildman–Crippen LogP) is 0.789. The van der Waals surface area contributed by atoms with E-state index in [1.165, 1.54) is 6.92 Å². The number of ether oxygens (including phenoxy) is 1. The zero-order valence-electron chi connectivity index (χ0n) is 11.1. The molecule has 1 aromatic carbocycles. The van der Waals surface area contributed by atoms with Gasteiger partial charge in [0.1, 0.15) is 0 Å². The van der Waals surface area contributed by atoms with Crippen molar-refractivity contribution in [1.29, 1.82) is 0 Å². The minimum atomic E-state index is -0.931. The van der Waals surface area contributed by atoms with E-state index in [-0.39, 0.29) is 11.9 Å². The van der Waals surface area contributed by atoms with Crippen LogP contribution < -0.4 is 10.9 Å². The van der Waals surface area contributed by atoms with Gasteiger partial charge in [0.05, 0.1) is 5.92 Å². The smallest absolute Gasteiger partial charge is 0.309 e. The third-order valence-electron chi connectivity index (χ3n) is 2.91. The number of hydrogen-bond acceptors (Lipinski definition) is 4. The lowest BCUT2D eigenvalue weighted by atomic mass is 10.2. The normalized spacial score (nSPS) is 15.1. The number of hydrogen-bond donors (Lipinski definition) is 2. The van der Waals surface area contributed by atoms with Crippen molar-refractivity contribution < 1.29 is 19.1 Å². The van der Waals surface area contributed by atoms with Crippen molar-refractivity contribution in [2.45, 2.75) is 25.9 Å². The SMILES string of the molecule is C[C@H](OC(=O)C1CC1)C(=O)NNC(=O)c1ccccc1. The third kappa shape index (κ3) is 3.81. The van der Waals surface area contributed by atoms with Gasteiger partial charge >= 0.3 is 5.97 Å². The van der Waals surface area contributed by atoms with Crippen molar-refractivity contribution >= 4 is 17.8 Å². The quantitative estimate of drug-likeness (QED) is 0.629. The van der Waals surface area contributed by atoms with Gasteiger partial charge in [-0.3, -0.25) is 25.2 Å². The molecule has 1 aliphatic rings. The minimum Gasteiger partial charge on any atom is -0.452 e. The summed E-state index contributed by atoms with van der Waals surface area (Å²) in [5.74, 6) is -1.42. The monoisotopic (exact) mass is 276 g/mol. The third-order valence-corrected chi connectivity index (χ3v) is 2.91. The first-order valence-electron chi connectivity index (χ1n) is 6.43. The van der Waals surface area contributed by atoms with Gasteiger partial charge in [0.25, 0.3) is 11.8 Å². The highest BCUT2D eigenvalue weighted by molar-refractivity contribution is 5.95. The predicted molar refractivity (Wildman–Crippen MR) is 70.3 cm³/mol. The molecule has 0 radical (unpaired) electrons. The molecule has 0 saturated heterocycles. The lowest BCUT2D eigenvalue weighted by Crippen LogP contribution is -2.46. The van der Waals surface area contributed by atoms with Crippen LogP contribution in [0.2, 0.25) is 0 Å². The van der Waals surface area contributed by atoms with Gasteiger partial charge in [-0.15, -0.1) is 0 Å². The Labute approximate surface area is 116 Å². The lowest BCUT2D eigenvalue weighted by Gasteiger charge is -2.13. The Bertz CT molecular complexity index is 511. The standard InChI is InChI=1S/C14H16N2O4/c1-9(20-14(19)11-7-8-11)12(17)15-16-13(18)10-5-3-2-4-6-10/h2-6,9,11H,7-8H2,1H3,(H,15,17)(H,16,18)/t9-/m0/s1. The maximum Gasteiger partial charge on any atom is 0.309 e. The van der Waals surface area contributed by atoms with Gasteiger partial charge in [-0.1, -0.05) is 18.2 Å². The number of nitrogens with one attached hydrogen (secondary N) is 2. The molecule has 6 heteroatoms. The van der Waals surface area contributed by atoms with Crippen LogP contribution in [0, 0.1) is 5.92 Å². The fraction of sp³-hybridized carbons (Fsp3) is 0.357. The molecule has 1 aromatic rings. The maximum atomic E-state index is 11.7. The Morgan fingerprint density at radius 3 is 2.40 bits per heavy atom. The Morgan fingerprint density at radius 2 is 1.80 bits per heavy atom. The molecule has 1 aliphatic carbocycles. The van der Waals surface area contributed by atoms with E-state index in [1.807, 2.05) is 0 Å². The Balaban J connectivity index is 1.76. The number of esters is 1. The van der Waals surface area contributed by atoms with E-state index in [0.29, 0.717) is 5.56 Å². The van der Waals surface area contributed by atoms with Gasteiger partial charge in [-0.05, 0) is 31.9 Å². The second-order valence-corrected chi connectivity index (χ2v) is 4.66. The van der Waals surface area contributed by atoms with Crippen LogP contribution in [-0.2, 0) is 14.3 Å². The largest absolute Gasteiger partial charge is 0.452 e. The van der Waals surface area contributed by atoms with E-state index in [4.69, 9.17) is 4.74 Å². The van der Waals surface area contributed by atoms with E-state index in [1.54, 1.807) is 30.3 Å². The van der Waals surface area contributed by atoms with Crippen LogP contribution in [-0.4, -0.2) is 23.9 Å². The van der Waals surface area contributed by atoms with Gasteiger partial charge in [0, 0.05) is 5.56 Å². The van der Waals surface area contributed by atoms with E-state index < -0.39 is 17.9 Å². The van der Waals surface area contributed by atoms with E-state index in [9.17, 15) is 14.4 Å². The van der Waals surface area contributed by atoms with Crippen molar-refractivity contribution in [2.75, 3.05) is 0 Å². The topological polar surface area (TPSA) is 84.5 Å².